The fraction of sp³-hybridized carbons (Fsp3) is 0. The summed E-state index contributed by atoms with van der Waals surface area (Å²) in [5.41, 5.74) is 6.57. The summed E-state index contributed by atoms with van der Waals surface area (Å²) in [6.45, 7) is 0. The Balaban J connectivity index is 1.74. The number of thiazole rings is 1. The third kappa shape index (κ3) is 3.01. The molecule has 0 fully saturated rings. The Bertz CT molecular complexity index is 940. The summed E-state index contributed by atoms with van der Waals surface area (Å²) in [7, 11) is 0. The van der Waals surface area contributed by atoms with Crippen LogP contribution in [-0.4, -0.2) is 26.7 Å². The van der Waals surface area contributed by atoms with Crippen LogP contribution in [0.4, 0.5) is 11.0 Å². The first-order valence-corrected chi connectivity index (χ1v) is 7.31. The van der Waals surface area contributed by atoms with Crippen LogP contribution in [0.5, 0.6) is 0 Å². The maximum atomic E-state index is 12.0. The van der Waals surface area contributed by atoms with Crippen molar-refractivity contribution in [3.05, 3.63) is 51.3 Å². The Morgan fingerprint density at radius 1 is 1.42 bits per heavy atom. The number of rotatable bonds is 5. The van der Waals surface area contributed by atoms with E-state index >= 15 is 0 Å². The van der Waals surface area contributed by atoms with Gasteiger partial charge in [-0.05, 0) is 12.1 Å². The number of primary amides is 1. The van der Waals surface area contributed by atoms with Gasteiger partial charge in [0.2, 0.25) is 0 Å². The molecule has 10 nitrogen and oxygen atoms in total. The van der Waals surface area contributed by atoms with Crippen molar-refractivity contribution in [1.82, 2.24) is 9.97 Å². The van der Waals surface area contributed by atoms with Crippen LogP contribution in [0.15, 0.2) is 34.2 Å². The monoisotopic (exact) mass is 347 g/mol. The first kappa shape index (κ1) is 15.4. The molecule has 3 aromatic heterocycles. The van der Waals surface area contributed by atoms with Crippen LogP contribution < -0.4 is 11.1 Å². The number of carbonyl (C=O) groups excluding carboxylic acids is 2. The molecule has 0 unspecified atom stereocenters. The summed E-state index contributed by atoms with van der Waals surface area (Å²) in [5.74, 6) is -1.97. The highest BCUT2D eigenvalue weighted by Crippen LogP contribution is 2.26. The highest BCUT2D eigenvalue weighted by Gasteiger charge is 2.18. The fourth-order valence-corrected chi connectivity index (χ4v) is 2.57. The van der Waals surface area contributed by atoms with E-state index in [-0.39, 0.29) is 16.6 Å². The number of hydrogen-bond donors (Lipinski definition) is 3. The number of aromatic nitrogens is 2. The summed E-state index contributed by atoms with van der Waals surface area (Å²) in [4.78, 5) is 39.7. The molecule has 0 radical (unpaired) electrons. The third-order valence-corrected chi connectivity index (χ3v) is 3.72. The van der Waals surface area contributed by atoms with Gasteiger partial charge in [-0.3, -0.25) is 25.0 Å². The number of nitrogens with two attached hydrogens (primary N) is 1. The maximum Gasteiger partial charge on any atom is 0.433 e. The lowest BCUT2D eigenvalue weighted by Gasteiger charge is -1.96. The summed E-state index contributed by atoms with van der Waals surface area (Å²) in [5, 5.41) is 15.0. The SMILES string of the molecule is NC(=O)c1cc(-c2csc(NC(=O)c3ccc([N+](=O)[O-])o3)n2)c[nH]1. The normalized spacial score (nSPS) is 10.5. The van der Waals surface area contributed by atoms with Gasteiger partial charge in [-0.15, -0.1) is 11.3 Å². The molecule has 0 aliphatic carbocycles. The number of amides is 2. The zero-order chi connectivity index (χ0) is 17.3. The molecule has 0 atom stereocenters. The minimum absolute atomic E-state index is 0.198. The van der Waals surface area contributed by atoms with Gasteiger partial charge in [-0.25, -0.2) is 4.98 Å². The van der Waals surface area contributed by atoms with Crippen molar-refractivity contribution < 1.29 is 18.9 Å². The molecule has 0 aliphatic heterocycles. The summed E-state index contributed by atoms with van der Waals surface area (Å²) in [6.07, 6.45) is 1.57. The molecule has 3 rings (SSSR count). The first-order valence-electron chi connectivity index (χ1n) is 6.44. The molecule has 2 amide bonds. The average molecular weight is 347 g/mol. The molecule has 0 bridgehead atoms. The van der Waals surface area contributed by atoms with E-state index in [1.165, 1.54) is 6.07 Å². The lowest BCUT2D eigenvalue weighted by molar-refractivity contribution is -0.402. The summed E-state index contributed by atoms with van der Waals surface area (Å²) in [6, 6.07) is 3.83. The van der Waals surface area contributed by atoms with Crippen molar-refractivity contribution >= 4 is 34.2 Å². The highest BCUT2D eigenvalue weighted by atomic mass is 32.1. The molecule has 0 aromatic carbocycles. The van der Waals surface area contributed by atoms with Crippen molar-refractivity contribution in [2.24, 2.45) is 5.73 Å². The zero-order valence-corrected chi connectivity index (χ0v) is 12.6. The van der Waals surface area contributed by atoms with Crippen LogP contribution in [0.1, 0.15) is 21.0 Å². The third-order valence-electron chi connectivity index (χ3n) is 2.96. The Morgan fingerprint density at radius 2 is 2.21 bits per heavy atom. The van der Waals surface area contributed by atoms with E-state index in [9.17, 15) is 19.7 Å². The van der Waals surface area contributed by atoms with E-state index < -0.39 is 22.6 Å². The largest absolute Gasteiger partial charge is 0.433 e. The van der Waals surface area contributed by atoms with Gasteiger partial charge < -0.3 is 15.1 Å². The van der Waals surface area contributed by atoms with Crippen LogP contribution in [0.25, 0.3) is 11.3 Å². The first-order chi connectivity index (χ1) is 11.4. The second kappa shape index (κ2) is 5.96. The molecule has 4 N–H and O–H groups in total. The van der Waals surface area contributed by atoms with Crippen LogP contribution >= 0.6 is 11.3 Å². The van der Waals surface area contributed by atoms with Crippen molar-refractivity contribution in [1.29, 1.82) is 0 Å². The molecule has 122 valence electrons. The van der Waals surface area contributed by atoms with Crippen LogP contribution in [0.3, 0.4) is 0 Å². The van der Waals surface area contributed by atoms with Gasteiger partial charge in [0.1, 0.15) is 10.6 Å². The van der Waals surface area contributed by atoms with Gasteiger partial charge >= 0.3 is 5.88 Å². The lowest BCUT2D eigenvalue weighted by atomic mass is 10.2. The number of anilines is 1. The van der Waals surface area contributed by atoms with E-state index in [0.717, 1.165) is 17.4 Å². The topological polar surface area (TPSA) is 157 Å². The van der Waals surface area contributed by atoms with E-state index in [1.807, 2.05) is 0 Å². The molecular formula is C13H9N5O5S. The number of nitro groups is 1. The molecule has 0 saturated heterocycles. The highest BCUT2D eigenvalue weighted by molar-refractivity contribution is 7.14. The Hall–Kier alpha value is -3.47. The van der Waals surface area contributed by atoms with Crippen LogP contribution in [0, 0.1) is 10.1 Å². The van der Waals surface area contributed by atoms with Gasteiger partial charge in [0.15, 0.2) is 10.9 Å². The molecule has 24 heavy (non-hydrogen) atoms. The van der Waals surface area contributed by atoms with Crippen molar-refractivity contribution in [3.8, 4) is 11.3 Å². The molecular weight excluding hydrogens is 338 g/mol. The number of furan rings is 1. The van der Waals surface area contributed by atoms with Gasteiger partial charge in [0.05, 0.1) is 11.8 Å². The Kier molecular flexibility index (Phi) is 3.83. The minimum Gasteiger partial charge on any atom is -0.395 e. The lowest BCUT2D eigenvalue weighted by Crippen LogP contribution is -2.10. The molecule has 3 heterocycles. The minimum atomic E-state index is -0.736. The predicted molar refractivity (Wildman–Crippen MR) is 83.7 cm³/mol. The van der Waals surface area contributed by atoms with E-state index in [2.05, 4.69) is 15.3 Å². The molecule has 0 aliphatic rings. The maximum absolute atomic E-state index is 12.0. The van der Waals surface area contributed by atoms with Crippen molar-refractivity contribution in [3.63, 3.8) is 0 Å². The second-order valence-electron chi connectivity index (χ2n) is 4.55. The number of aromatic amines is 1. The van der Waals surface area contributed by atoms with Crippen molar-refractivity contribution in [2.45, 2.75) is 0 Å². The average Bonchev–Trinajstić information content (AvgIpc) is 3.26. The van der Waals surface area contributed by atoms with Gasteiger partial charge in [-0.1, -0.05) is 0 Å². The molecule has 3 aromatic rings. The van der Waals surface area contributed by atoms with Gasteiger partial charge in [0, 0.05) is 17.1 Å². The number of carbonyl (C=O) groups is 2. The Morgan fingerprint density at radius 3 is 2.83 bits per heavy atom. The summed E-state index contributed by atoms with van der Waals surface area (Å²) >= 11 is 1.15. The number of nitrogens with one attached hydrogen (secondary N) is 2. The van der Waals surface area contributed by atoms with Crippen molar-refractivity contribution in [2.75, 3.05) is 5.32 Å². The van der Waals surface area contributed by atoms with Crippen LogP contribution in [-0.2, 0) is 0 Å². The van der Waals surface area contributed by atoms with E-state index in [4.69, 9.17) is 10.2 Å². The quantitative estimate of drug-likeness (QED) is 0.473. The number of H-pyrrole nitrogens is 1. The van der Waals surface area contributed by atoms with E-state index in [1.54, 1.807) is 17.6 Å². The second-order valence-corrected chi connectivity index (χ2v) is 5.41. The summed E-state index contributed by atoms with van der Waals surface area (Å²) < 4.78 is 4.81. The van der Waals surface area contributed by atoms with Gasteiger partial charge in [-0.2, -0.15) is 0 Å². The smallest absolute Gasteiger partial charge is 0.395 e. The number of nitrogens with zero attached hydrogens (tertiary/aromatic N) is 2. The molecule has 0 spiro atoms. The molecule has 0 saturated carbocycles. The fourth-order valence-electron chi connectivity index (χ4n) is 1.85. The Labute approximate surface area is 137 Å². The van der Waals surface area contributed by atoms with Gasteiger partial charge in [0.25, 0.3) is 11.8 Å². The molecule has 11 heteroatoms. The van der Waals surface area contributed by atoms with E-state index in [0.29, 0.717) is 11.3 Å². The standard InChI is InChI=1S/C13H9N5O5S/c14-11(19)7-3-6(4-15-7)8-5-24-13(16-8)17-12(20)9-1-2-10(23-9)18(21)22/h1-5,15H,(H2,14,19)(H,16,17,20). The van der Waals surface area contributed by atoms with Crippen LogP contribution in [0.2, 0.25) is 0 Å². The zero-order valence-electron chi connectivity index (χ0n) is 11.8. The predicted octanol–water partition coefficient (Wildman–Crippen LogP) is 1.99. The number of hydrogen-bond acceptors (Lipinski definition) is 7.